The summed E-state index contributed by atoms with van der Waals surface area (Å²) in [6.07, 6.45) is -3.98. The Hall–Kier alpha value is -2.30. The van der Waals surface area contributed by atoms with Crippen LogP contribution in [0.1, 0.15) is 22.6 Å². The SMILES string of the molecule is COc1nc(Cl)cc2c1C1(O)C(O)C(CN(C)CC(F)F)C(c3ccccc3)C1(c1ccc(Br)cc1)O2. The van der Waals surface area contributed by atoms with Gasteiger partial charge in [0, 0.05) is 28.9 Å². The number of fused-ring (bicyclic) bond motifs is 3. The third kappa shape index (κ3) is 4.03. The molecule has 5 rings (SSSR count). The molecule has 2 aliphatic rings. The van der Waals surface area contributed by atoms with Gasteiger partial charge in [-0.15, -0.1) is 0 Å². The molecule has 0 spiro atoms. The van der Waals surface area contributed by atoms with E-state index in [9.17, 15) is 19.0 Å². The first-order valence-corrected chi connectivity index (χ1v) is 12.9. The number of aromatic nitrogens is 1. The van der Waals surface area contributed by atoms with E-state index in [-0.39, 0.29) is 28.9 Å². The third-order valence-electron chi connectivity index (χ3n) is 7.43. The smallest absolute Gasteiger partial charge is 0.251 e. The second-order valence-electron chi connectivity index (χ2n) is 9.55. The van der Waals surface area contributed by atoms with Gasteiger partial charge in [0.1, 0.15) is 10.9 Å². The van der Waals surface area contributed by atoms with E-state index >= 15 is 0 Å². The average molecular weight is 596 g/mol. The van der Waals surface area contributed by atoms with E-state index in [4.69, 9.17) is 21.1 Å². The molecule has 37 heavy (non-hydrogen) atoms. The van der Waals surface area contributed by atoms with Gasteiger partial charge in [0.25, 0.3) is 6.43 Å². The first-order chi connectivity index (χ1) is 17.6. The Bertz CT molecular complexity index is 1290. The Morgan fingerprint density at radius 3 is 2.49 bits per heavy atom. The Labute approximate surface area is 226 Å². The average Bonchev–Trinajstić information content (AvgIpc) is 3.22. The summed E-state index contributed by atoms with van der Waals surface area (Å²) in [5, 5.41) is 24.8. The summed E-state index contributed by atoms with van der Waals surface area (Å²) in [6.45, 7) is -0.403. The summed E-state index contributed by atoms with van der Waals surface area (Å²) in [6, 6.07) is 18.1. The van der Waals surface area contributed by atoms with Crippen LogP contribution in [0.15, 0.2) is 65.1 Å². The van der Waals surface area contributed by atoms with Crippen molar-refractivity contribution in [3.05, 3.63) is 87.0 Å². The van der Waals surface area contributed by atoms with Crippen LogP contribution >= 0.6 is 27.5 Å². The van der Waals surface area contributed by atoms with Gasteiger partial charge in [0.2, 0.25) is 5.88 Å². The van der Waals surface area contributed by atoms with Gasteiger partial charge in [-0.2, -0.15) is 0 Å². The molecule has 1 aliphatic heterocycles. The van der Waals surface area contributed by atoms with Gasteiger partial charge < -0.3 is 24.6 Å². The lowest BCUT2D eigenvalue weighted by molar-refractivity contribution is -0.152. The monoisotopic (exact) mass is 594 g/mol. The van der Waals surface area contributed by atoms with Crippen LogP contribution in [0.3, 0.4) is 0 Å². The highest BCUT2D eigenvalue weighted by atomic mass is 79.9. The molecule has 1 fully saturated rings. The van der Waals surface area contributed by atoms with Crippen LogP contribution in [0.5, 0.6) is 11.6 Å². The highest BCUT2D eigenvalue weighted by Gasteiger charge is 2.77. The van der Waals surface area contributed by atoms with Crippen molar-refractivity contribution in [1.82, 2.24) is 9.88 Å². The van der Waals surface area contributed by atoms with Crippen molar-refractivity contribution in [3.63, 3.8) is 0 Å². The van der Waals surface area contributed by atoms with E-state index in [0.29, 0.717) is 5.56 Å². The molecule has 5 atom stereocenters. The van der Waals surface area contributed by atoms with E-state index in [1.807, 2.05) is 54.6 Å². The highest BCUT2D eigenvalue weighted by molar-refractivity contribution is 9.10. The number of hydrogen-bond acceptors (Lipinski definition) is 6. The minimum atomic E-state index is -2.55. The zero-order chi connectivity index (χ0) is 26.5. The molecule has 1 aliphatic carbocycles. The second kappa shape index (κ2) is 9.78. The van der Waals surface area contributed by atoms with E-state index in [2.05, 4.69) is 20.9 Å². The molecule has 0 amide bonds. The van der Waals surface area contributed by atoms with Crippen LogP contribution in [0.4, 0.5) is 8.78 Å². The van der Waals surface area contributed by atoms with Gasteiger partial charge in [-0.05, 0) is 30.3 Å². The van der Waals surface area contributed by atoms with Crippen molar-refractivity contribution in [2.24, 2.45) is 5.92 Å². The molecule has 1 saturated carbocycles. The maximum atomic E-state index is 13.3. The lowest BCUT2D eigenvalue weighted by atomic mass is 9.71. The predicted molar refractivity (Wildman–Crippen MR) is 138 cm³/mol. The Morgan fingerprint density at radius 2 is 1.86 bits per heavy atom. The topological polar surface area (TPSA) is 75.0 Å². The fourth-order valence-corrected chi connectivity index (χ4v) is 6.56. The number of rotatable bonds is 7. The first-order valence-electron chi connectivity index (χ1n) is 11.8. The zero-order valence-electron chi connectivity index (χ0n) is 20.1. The Morgan fingerprint density at radius 1 is 1.19 bits per heavy atom. The van der Waals surface area contributed by atoms with E-state index in [1.54, 1.807) is 7.05 Å². The number of aliphatic hydroxyl groups is 2. The molecule has 2 N–H and O–H groups in total. The van der Waals surface area contributed by atoms with Crippen molar-refractivity contribution in [1.29, 1.82) is 0 Å². The second-order valence-corrected chi connectivity index (χ2v) is 10.9. The zero-order valence-corrected chi connectivity index (χ0v) is 22.5. The summed E-state index contributed by atoms with van der Waals surface area (Å²) in [7, 11) is 2.97. The van der Waals surface area contributed by atoms with Crippen LogP contribution in [-0.2, 0) is 11.2 Å². The third-order valence-corrected chi connectivity index (χ3v) is 8.16. The number of nitrogens with zero attached hydrogens (tertiary/aromatic N) is 2. The van der Waals surface area contributed by atoms with Gasteiger partial charge >= 0.3 is 0 Å². The van der Waals surface area contributed by atoms with E-state index in [0.717, 1.165) is 10.0 Å². The van der Waals surface area contributed by atoms with Crippen molar-refractivity contribution in [2.45, 2.75) is 29.6 Å². The summed E-state index contributed by atoms with van der Waals surface area (Å²) in [5.41, 5.74) is -2.04. The van der Waals surface area contributed by atoms with Crippen LogP contribution in [0.2, 0.25) is 5.15 Å². The van der Waals surface area contributed by atoms with Crippen molar-refractivity contribution in [3.8, 4) is 11.6 Å². The molecule has 3 aromatic rings. The summed E-state index contributed by atoms with van der Waals surface area (Å²) < 4.78 is 39.6. The molecule has 6 nitrogen and oxygen atoms in total. The molecule has 0 radical (unpaired) electrons. The molecule has 2 aromatic carbocycles. The maximum absolute atomic E-state index is 13.3. The van der Waals surface area contributed by atoms with Gasteiger partial charge in [-0.3, -0.25) is 0 Å². The lowest BCUT2D eigenvalue weighted by Crippen LogP contribution is -2.52. The minimum Gasteiger partial charge on any atom is -0.481 e. The molecule has 0 bridgehead atoms. The molecule has 2 heterocycles. The Kier molecular flexibility index (Phi) is 6.96. The van der Waals surface area contributed by atoms with Gasteiger partial charge in [-0.25, -0.2) is 13.8 Å². The van der Waals surface area contributed by atoms with Crippen molar-refractivity contribution < 1.29 is 28.5 Å². The number of alkyl halides is 2. The number of methoxy groups -OCH3 is 1. The van der Waals surface area contributed by atoms with Gasteiger partial charge in [0.15, 0.2) is 11.2 Å². The van der Waals surface area contributed by atoms with Crippen LogP contribution in [0, 0.1) is 5.92 Å². The molecular weight excluding hydrogens is 570 g/mol. The van der Waals surface area contributed by atoms with Crippen LogP contribution in [-0.4, -0.2) is 59.9 Å². The standard InChI is InChI=1S/C27H26BrClF2N2O4/c1-33(14-21(30)31)13-18-22(15-6-4-3-5-7-15)27(16-8-10-17(28)11-9-16)26(35,24(18)34)23-19(37-27)12-20(29)32-25(23)36-2/h3-12,18,21-22,24,34-35H,13-14H2,1-2H3. The maximum Gasteiger partial charge on any atom is 0.251 e. The molecule has 0 saturated heterocycles. The quantitative estimate of drug-likeness (QED) is 0.377. The number of benzene rings is 2. The van der Waals surface area contributed by atoms with E-state index in [1.165, 1.54) is 18.1 Å². The van der Waals surface area contributed by atoms with Gasteiger partial charge in [-0.1, -0.05) is 70.0 Å². The number of pyridine rings is 1. The van der Waals surface area contributed by atoms with Crippen molar-refractivity contribution >= 4 is 27.5 Å². The number of ether oxygens (including phenoxy) is 2. The molecular formula is C27H26BrClF2N2O4. The number of halogens is 4. The van der Waals surface area contributed by atoms with Crippen LogP contribution in [0.25, 0.3) is 0 Å². The fraction of sp³-hybridized carbons (Fsp3) is 0.370. The largest absolute Gasteiger partial charge is 0.481 e. The molecule has 10 heteroatoms. The number of hydrogen-bond donors (Lipinski definition) is 2. The first kappa shape index (κ1) is 26.3. The van der Waals surface area contributed by atoms with Gasteiger partial charge in [0.05, 0.1) is 25.3 Å². The summed E-state index contributed by atoms with van der Waals surface area (Å²) >= 11 is 9.72. The normalized spacial score (nSPS) is 28.3. The summed E-state index contributed by atoms with van der Waals surface area (Å²) in [4.78, 5) is 5.71. The minimum absolute atomic E-state index is 0.0245. The fourth-order valence-electron chi connectivity index (χ4n) is 6.12. The van der Waals surface area contributed by atoms with Crippen molar-refractivity contribution in [2.75, 3.05) is 27.2 Å². The van der Waals surface area contributed by atoms with Crippen LogP contribution < -0.4 is 9.47 Å². The molecule has 5 unspecified atom stereocenters. The summed E-state index contributed by atoms with van der Waals surface area (Å²) in [5.74, 6) is -1.09. The lowest BCUT2D eigenvalue weighted by Gasteiger charge is -2.41. The van der Waals surface area contributed by atoms with E-state index < -0.39 is 42.1 Å². The number of aliphatic hydroxyl groups excluding tert-OH is 1. The predicted octanol–water partition coefficient (Wildman–Crippen LogP) is 4.95. The highest BCUT2D eigenvalue weighted by Crippen LogP contribution is 2.69. The molecule has 1 aromatic heterocycles. The molecule has 196 valence electrons. The Balaban J connectivity index is 1.80.